The summed E-state index contributed by atoms with van der Waals surface area (Å²) in [6.45, 7) is -0.483. The van der Waals surface area contributed by atoms with Crippen molar-refractivity contribution in [2.45, 2.75) is 99.0 Å². The van der Waals surface area contributed by atoms with Crippen LogP contribution in [0.3, 0.4) is 0 Å². The van der Waals surface area contributed by atoms with Crippen LogP contribution >= 0.6 is 0 Å². The molecule has 10 N–H and O–H groups in total. The smallest absolute Gasteiger partial charge is 0.394 e. The average Bonchev–Trinajstić information content (AvgIpc) is 2.83. The van der Waals surface area contributed by atoms with Crippen LogP contribution in [0, 0.1) is 0 Å². The third-order valence-corrected chi connectivity index (χ3v) is 6.72. The first kappa shape index (κ1) is 30.8. The molecule has 3 aliphatic heterocycles. The number of aliphatic hydroxyl groups is 9. The van der Waals surface area contributed by atoms with E-state index < -0.39 is 116 Å². The van der Waals surface area contributed by atoms with Gasteiger partial charge in [-0.1, -0.05) is 0 Å². The van der Waals surface area contributed by atoms with Gasteiger partial charge < -0.3 is 69.6 Å². The Labute approximate surface area is 210 Å². The Kier molecular flexibility index (Phi) is 10.2. The molecule has 0 saturated carbocycles. The normalized spacial score (nSPS) is 49.6. The maximum atomic E-state index is 11.2. The molecule has 218 valence electrons. The van der Waals surface area contributed by atoms with E-state index in [-0.39, 0.29) is 0 Å². The number of rotatable bonds is 8. The second kappa shape index (κ2) is 12.2. The summed E-state index contributed by atoms with van der Waals surface area (Å²) in [7, 11) is -5.22. The molecule has 18 nitrogen and oxygen atoms in total. The molecule has 3 heterocycles. The fraction of sp³-hybridized carbons (Fsp3) is 1.00. The number of hydrogen-bond acceptors (Lipinski definition) is 17. The third-order valence-electron chi connectivity index (χ3n) is 6.26. The molecular formula is C18H32O18S. The van der Waals surface area contributed by atoms with Gasteiger partial charge in [-0.15, -0.1) is 0 Å². The SMILES string of the molecule is C[C@@H]1O[C@@H](O[C@H]2[C@H](O[C@@H]3O[C@H](CO)[C@H](O)[C@H](OS(=O)(=O)O)[C@H]3O)[C@@H](CO)OC(O)[C@@H]2O)[C@@H](O)[C@H](O)[C@@H]1O. The molecule has 0 radical (unpaired) electrons. The topological polar surface area (TPSA) is 292 Å². The lowest BCUT2D eigenvalue weighted by atomic mass is 9.96. The lowest BCUT2D eigenvalue weighted by molar-refractivity contribution is -0.381. The van der Waals surface area contributed by atoms with Crippen molar-refractivity contribution in [2.24, 2.45) is 0 Å². The number of aliphatic hydroxyl groups excluding tert-OH is 9. The first-order valence-electron chi connectivity index (χ1n) is 11.1. The standard InChI is InChI=1S/C18H32O18S/c1-4-7(21)9(23)10(24)17(31-4)35-15-11(25)16(27)32-6(3-20)13(15)34-18-12(26)14(36-37(28,29)30)8(22)5(2-19)33-18/h4-27H,2-3H2,1H3,(H,28,29,30)/t4-,5+,6+,7+,8-,9+,10-,11+,12+,13+,14-,15+,16?,17-,18-/m0/s1. The van der Waals surface area contributed by atoms with E-state index >= 15 is 0 Å². The highest BCUT2D eigenvalue weighted by atomic mass is 32.3. The minimum absolute atomic E-state index is 0.889. The molecule has 3 fully saturated rings. The Morgan fingerprint density at radius 1 is 0.649 bits per heavy atom. The van der Waals surface area contributed by atoms with Crippen LogP contribution in [0.5, 0.6) is 0 Å². The Bertz CT molecular complexity index is 845. The van der Waals surface area contributed by atoms with Gasteiger partial charge in [0.25, 0.3) is 0 Å². The minimum atomic E-state index is -5.22. The fourth-order valence-corrected chi connectivity index (χ4v) is 4.74. The molecule has 0 aliphatic carbocycles. The zero-order chi connectivity index (χ0) is 27.8. The lowest BCUT2D eigenvalue weighted by Crippen LogP contribution is -2.67. The zero-order valence-electron chi connectivity index (χ0n) is 19.2. The molecule has 3 rings (SSSR count). The molecule has 1 unspecified atom stereocenters. The number of ether oxygens (including phenoxy) is 5. The van der Waals surface area contributed by atoms with Crippen molar-refractivity contribution in [3.63, 3.8) is 0 Å². The van der Waals surface area contributed by atoms with Gasteiger partial charge in [-0.25, -0.2) is 4.18 Å². The molecule has 0 amide bonds. The van der Waals surface area contributed by atoms with Crippen LogP contribution in [0.25, 0.3) is 0 Å². The quantitative estimate of drug-likeness (QED) is 0.122. The van der Waals surface area contributed by atoms with Crippen molar-refractivity contribution < 1.29 is 86.8 Å². The van der Waals surface area contributed by atoms with Gasteiger partial charge in [0, 0.05) is 0 Å². The van der Waals surface area contributed by atoms with Crippen LogP contribution in [0.15, 0.2) is 0 Å². The zero-order valence-corrected chi connectivity index (χ0v) is 20.0. The van der Waals surface area contributed by atoms with E-state index in [2.05, 4.69) is 4.18 Å². The molecule has 3 aliphatic rings. The second-order valence-corrected chi connectivity index (χ2v) is 9.86. The number of hydrogen-bond donors (Lipinski definition) is 10. The molecule has 37 heavy (non-hydrogen) atoms. The van der Waals surface area contributed by atoms with Crippen molar-refractivity contribution in [1.29, 1.82) is 0 Å². The monoisotopic (exact) mass is 568 g/mol. The summed E-state index contributed by atoms with van der Waals surface area (Å²) in [5, 5.41) is 90.8. The molecule has 3 saturated heterocycles. The van der Waals surface area contributed by atoms with E-state index in [4.69, 9.17) is 28.2 Å². The van der Waals surface area contributed by atoms with Gasteiger partial charge in [-0.05, 0) is 6.92 Å². The van der Waals surface area contributed by atoms with Gasteiger partial charge in [0.15, 0.2) is 18.9 Å². The van der Waals surface area contributed by atoms with E-state index in [1.54, 1.807) is 0 Å². The van der Waals surface area contributed by atoms with Crippen LogP contribution in [-0.4, -0.2) is 164 Å². The summed E-state index contributed by atoms with van der Waals surface area (Å²) in [5.74, 6) is 0. The van der Waals surface area contributed by atoms with Gasteiger partial charge in [0.05, 0.1) is 19.3 Å². The van der Waals surface area contributed by atoms with Crippen molar-refractivity contribution in [3.8, 4) is 0 Å². The summed E-state index contributed by atoms with van der Waals surface area (Å²) in [4.78, 5) is 0. The minimum Gasteiger partial charge on any atom is -0.394 e. The molecule has 0 aromatic heterocycles. The molecule has 0 spiro atoms. The molecule has 0 aromatic carbocycles. The van der Waals surface area contributed by atoms with E-state index in [1.165, 1.54) is 6.92 Å². The highest BCUT2D eigenvalue weighted by molar-refractivity contribution is 7.80. The molecule has 15 atom stereocenters. The summed E-state index contributed by atoms with van der Waals surface area (Å²) in [6.07, 6.45) is -26.6. The van der Waals surface area contributed by atoms with E-state index in [0.717, 1.165) is 0 Å². The lowest BCUT2D eigenvalue weighted by Gasteiger charge is -2.48. The summed E-state index contributed by atoms with van der Waals surface area (Å²) >= 11 is 0. The molecular weight excluding hydrogens is 536 g/mol. The van der Waals surface area contributed by atoms with Crippen molar-refractivity contribution in [2.75, 3.05) is 13.2 Å². The van der Waals surface area contributed by atoms with Crippen LogP contribution in [0.4, 0.5) is 0 Å². The van der Waals surface area contributed by atoms with Crippen molar-refractivity contribution >= 4 is 10.4 Å². The maximum absolute atomic E-state index is 11.2. The van der Waals surface area contributed by atoms with Crippen LogP contribution in [-0.2, 0) is 38.3 Å². The van der Waals surface area contributed by atoms with Gasteiger partial charge >= 0.3 is 10.4 Å². The molecule has 0 bridgehead atoms. The van der Waals surface area contributed by atoms with Crippen molar-refractivity contribution in [1.82, 2.24) is 0 Å². The van der Waals surface area contributed by atoms with Crippen LogP contribution < -0.4 is 0 Å². The predicted octanol–water partition coefficient (Wildman–Crippen LogP) is -6.72. The average molecular weight is 569 g/mol. The van der Waals surface area contributed by atoms with Gasteiger partial charge in [-0.2, -0.15) is 8.42 Å². The first-order chi connectivity index (χ1) is 17.2. The first-order valence-corrected chi connectivity index (χ1v) is 12.5. The Morgan fingerprint density at radius 3 is 1.78 bits per heavy atom. The van der Waals surface area contributed by atoms with E-state index in [1.807, 2.05) is 0 Å². The Balaban J connectivity index is 1.88. The van der Waals surface area contributed by atoms with Gasteiger partial charge in [-0.3, -0.25) is 4.55 Å². The van der Waals surface area contributed by atoms with Gasteiger partial charge in [0.2, 0.25) is 0 Å². The largest absolute Gasteiger partial charge is 0.397 e. The van der Waals surface area contributed by atoms with Crippen LogP contribution in [0.2, 0.25) is 0 Å². The highest BCUT2D eigenvalue weighted by Gasteiger charge is 2.54. The maximum Gasteiger partial charge on any atom is 0.397 e. The summed E-state index contributed by atoms with van der Waals surface area (Å²) in [6, 6.07) is 0. The third kappa shape index (κ3) is 6.73. The second-order valence-electron chi connectivity index (χ2n) is 8.82. The van der Waals surface area contributed by atoms with Crippen molar-refractivity contribution in [3.05, 3.63) is 0 Å². The highest BCUT2D eigenvalue weighted by Crippen LogP contribution is 2.33. The molecule has 0 aromatic rings. The fourth-order valence-electron chi connectivity index (χ4n) is 4.23. The predicted molar refractivity (Wildman–Crippen MR) is 110 cm³/mol. The van der Waals surface area contributed by atoms with E-state index in [0.29, 0.717) is 0 Å². The summed E-state index contributed by atoms with van der Waals surface area (Å²) in [5.41, 5.74) is 0. The molecule has 19 heteroatoms. The summed E-state index contributed by atoms with van der Waals surface area (Å²) < 4.78 is 62.5. The Morgan fingerprint density at radius 2 is 1.22 bits per heavy atom. The van der Waals surface area contributed by atoms with Gasteiger partial charge in [0.1, 0.15) is 67.1 Å². The Hall–Kier alpha value is -0.690. The van der Waals surface area contributed by atoms with Crippen LogP contribution in [0.1, 0.15) is 6.92 Å². The van der Waals surface area contributed by atoms with E-state index in [9.17, 15) is 54.4 Å².